The molecule has 0 nitrogen and oxygen atoms in total. The van der Waals surface area contributed by atoms with Crippen LogP contribution < -0.4 is 0 Å². The van der Waals surface area contributed by atoms with Gasteiger partial charge >= 0.3 is 0 Å². The molecule has 0 spiro atoms. The van der Waals surface area contributed by atoms with Gasteiger partial charge in [-0.1, -0.05) is 0 Å². The summed E-state index contributed by atoms with van der Waals surface area (Å²) in [5.41, 5.74) is 0. The van der Waals surface area contributed by atoms with E-state index in [1.54, 1.807) is 0 Å². The Morgan fingerprint density at radius 1 is 0.0123 bits per heavy atom. The van der Waals surface area contributed by atoms with E-state index in [0.717, 1.165) is 0 Å². The minimum atomic E-state index is 0. The van der Waals surface area contributed by atoms with Gasteiger partial charge in [0, 0.05) is 3130 Å². The molecule has 0 saturated heterocycles. The van der Waals surface area contributed by atoms with E-state index in [1.807, 2.05) is 0 Å². The van der Waals surface area contributed by atoms with E-state index in [2.05, 4.69) is 0 Å². The van der Waals surface area contributed by atoms with Gasteiger partial charge in [0.15, 0.2) is 0 Å². The van der Waals surface area contributed by atoms with Crippen molar-refractivity contribution in [3.8, 4) is 0 Å². The molecule has 0 aromatic carbocycles. The first-order valence-electron chi connectivity index (χ1n) is 0. The van der Waals surface area contributed by atoms with Gasteiger partial charge < -0.3 is 0 Å². The van der Waals surface area contributed by atoms with Crippen LogP contribution >= 0.6 is 0 Å². The molecule has 81 heteroatoms. The van der Waals surface area contributed by atoms with Crippen LogP contribution in [0.5, 0.6) is 0 Å². The average molecular weight is 12900 g/mol. The first-order valence-corrected chi connectivity index (χ1v) is 0. The fraction of sp³-hybridized carbons (Fsp3) is 0. The van der Waals surface area contributed by atoms with Gasteiger partial charge in [-0.2, -0.15) is 0 Å². The zero-order valence-electron chi connectivity index (χ0n) is 27.0. The van der Waals surface area contributed by atoms with Crippen LogP contribution in [0.2, 0.25) is 0 Å². The quantitative estimate of drug-likeness (QED) is 0.321. The molecule has 0 saturated carbocycles. The van der Waals surface area contributed by atoms with Crippen molar-refractivity contribution >= 4 is 0 Å². The normalized spacial score (nSPS) is 0. The SMILES string of the molecule is [Tb].[Tb].[Tb].[Tb].[Tb].[Tb].[Tb].[Tb].[Tb].[Tb].[Tb].[Tb].[Tb].[Tb].[Tb].[Tb].[Tb].[Tb].[Tb].[Tb].[Tb].[Tb].[Tb].[Tb].[Tb].[Tb].[Tb].[Tb].[Tb].[Tb].[Tb].[Tb].[Tb].[Tb].[Tb].[Tb].[Tb].[Tb].[Tb].[Tb].[Tb].[Tb].[Tb].[Tb].[Tb].[Tb].[Tb].[Tb].[Tb].[Tb].[Tb].[Tb].[Tb].[Tb].[Tb].[Tb].[Tb].[Tb].[Tb].[Tb].[Tb].[Tb].[Tb].[Tb].[Tb].[Tb].[Tb].[Tb].[Tb].[Tb].[Tb].[Tb].[Tb].[Tb].[Tb].[Tb].[Tb].[Tb].[Tb].[Tb].[Tb]. The van der Waals surface area contributed by atoms with E-state index in [1.165, 1.54) is 0 Å². The zero-order valence-corrected chi connectivity index (χ0v) is 200. The second kappa shape index (κ2) is 569. The first kappa shape index (κ1) is 579. The summed E-state index contributed by atoms with van der Waals surface area (Å²) in [5.74, 6) is 0. The van der Waals surface area contributed by atoms with E-state index in [-0.39, 0.29) is 3130 Å². The average Bonchev–Trinajstić information content (AvgIpc) is 0. The van der Waals surface area contributed by atoms with Crippen molar-refractivity contribution in [1.29, 1.82) is 0 Å². The zero-order chi connectivity index (χ0) is 0. The maximum atomic E-state index is 0. The van der Waals surface area contributed by atoms with Crippen LogP contribution in [0.25, 0.3) is 0 Å². The van der Waals surface area contributed by atoms with Crippen molar-refractivity contribution in [1.82, 2.24) is 0 Å². The van der Waals surface area contributed by atoms with Crippen LogP contribution in [0.3, 0.4) is 0 Å². The van der Waals surface area contributed by atoms with Crippen LogP contribution in [-0.2, 0) is 0 Å². The molecule has 0 aliphatic rings. The summed E-state index contributed by atoms with van der Waals surface area (Å²) in [4.78, 5) is 0. The Balaban J connectivity index is 0. The van der Waals surface area contributed by atoms with Crippen molar-refractivity contribution in [2.24, 2.45) is 0 Å². The minimum Gasteiger partial charge on any atom is 0 e. The van der Waals surface area contributed by atoms with Gasteiger partial charge in [-0.25, -0.2) is 0 Å². The van der Waals surface area contributed by atoms with Crippen LogP contribution in [0.4, 0.5) is 0 Å². The van der Waals surface area contributed by atoms with E-state index in [9.17, 15) is 0 Å². The van der Waals surface area contributed by atoms with E-state index >= 15 is 0 Å². The van der Waals surface area contributed by atoms with Crippen molar-refractivity contribution in [3.63, 3.8) is 0 Å². The van der Waals surface area contributed by atoms with Gasteiger partial charge in [-0.15, -0.1) is 0 Å². The van der Waals surface area contributed by atoms with Gasteiger partial charge in [-0.05, 0) is 0 Å². The molecule has 0 bridgehead atoms. The van der Waals surface area contributed by atoms with Gasteiger partial charge in [0.2, 0.25) is 0 Å². The van der Waals surface area contributed by atoms with E-state index in [4.69, 9.17) is 0 Å². The predicted molar refractivity (Wildman–Crippen MR) is 0 cm³/mol. The minimum absolute atomic E-state index is 0. The summed E-state index contributed by atoms with van der Waals surface area (Å²) in [6.07, 6.45) is 0. The molecule has 0 amide bonds. The maximum Gasteiger partial charge on any atom is 0 e. The summed E-state index contributed by atoms with van der Waals surface area (Å²) in [6.45, 7) is 0. The fourth-order valence-corrected chi connectivity index (χ4v) is 0. The van der Waals surface area contributed by atoms with Crippen molar-refractivity contribution in [2.75, 3.05) is 0 Å². The molecule has 0 aliphatic carbocycles. The molecule has 0 aromatic rings. The Labute approximate surface area is 2990 Å². The molecule has 0 heterocycles. The molecule has 81 heavy (non-hydrogen) atoms. The topological polar surface area (TPSA) is 0 Å². The second-order valence-electron chi connectivity index (χ2n) is 0. The Hall–Kier alpha value is 104. The summed E-state index contributed by atoms with van der Waals surface area (Å²) in [5, 5.41) is 0. The van der Waals surface area contributed by atoms with Gasteiger partial charge in [0.25, 0.3) is 0 Å². The van der Waals surface area contributed by atoms with E-state index < -0.39 is 0 Å². The van der Waals surface area contributed by atoms with Crippen LogP contribution in [-0.4, -0.2) is 0 Å². The summed E-state index contributed by atoms with van der Waals surface area (Å²) < 4.78 is 0. The third-order valence-corrected chi connectivity index (χ3v) is 0. The molecule has 0 fully saturated rings. The molecule has 729 valence electrons. The molecule has 0 N–H and O–H groups in total. The second-order valence-corrected chi connectivity index (χ2v) is 0. The number of hydrogen-bond acceptors (Lipinski definition) is 0. The molecule has 0 unspecified atom stereocenters. The van der Waals surface area contributed by atoms with Crippen LogP contribution in [0.15, 0.2) is 0 Å². The standard InChI is InChI=1S/81Tb. The van der Waals surface area contributed by atoms with Crippen LogP contribution in [0, 0.1) is 3130 Å². The maximum absolute atomic E-state index is 0. The predicted octanol–water partition coefficient (Wildman–Crippen LogP) is 0. The summed E-state index contributed by atoms with van der Waals surface area (Å²) >= 11 is 0. The summed E-state index contributed by atoms with van der Waals surface area (Å²) in [6, 6.07) is 0. The van der Waals surface area contributed by atoms with Gasteiger partial charge in [0.1, 0.15) is 0 Å². The third-order valence-electron chi connectivity index (χ3n) is 0. The molecular formula is Tb81. The fourth-order valence-electron chi connectivity index (χ4n) is 0. The molecule has 0 atom stereocenters. The summed E-state index contributed by atoms with van der Waals surface area (Å²) in [7, 11) is 0. The Morgan fingerprint density at radius 3 is 0.0123 bits per heavy atom. The Morgan fingerprint density at radius 2 is 0.0123 bits per heavy atom. The van der Waals surface area contributed by atoms with Crippen molar-refractivity contribution < 1.29 is 3130 Å². The molecule has 0 rings (SSSR count). The van der Waals surface area contributed by atoms with Gasteiger partial charge in [0.05, 0.1) is 0 Å². The monoisotopic (exact) mass is 12900 g/mol. The first-order chi connectivity index (χ1) is 0. The molecule has 0 aliphatic heterocycles. The largest absolute Gasteiger partial charge is 0 e. The molecule has 81 radical (unpaired) electrons. The van der Waals surface area contributed by atoms with Crippen LogP contribution in [0.1, 0.15) is 0 Å². The number of rotatable bonds is 0. The van der Waals surface area contributed by atoms with E-state index in [0.29, 0.717) is 0 Å². The van der Waals surface area contributed by atoms with Gasteiger partial charge in [-0.3, -0.25) is 0 Å². The smallest absolute Gasteiger partial charge is 0 e. The molecule has 0 aromatic heterocycles. The Kier molecular flexibility index (Phi) is 4070. The van der Waals surface area contributed by atoms with Crippen molar-refractivity contribution in [3.05, 3.63) is 0 Å². The Bertz CT molecular complexity index is 0. The number of hydrogen-bond donors (Lipinski definition) is 0. The third kappa shape index (κ3) is 563. The van der Waals surface area contributed by atoms with Crippen molar-refractivity contribution in [2.45, 2.75) is 0 Å². The molecular weight excluding hydrogens is 12900 g/mol.